The molecule has 0 radical (unpaired) electrons. The van der Waals surface area contributed by atoms with E-state index < -0.39 is 65.7 Å². The molecule has 0 bridgehead atoms. The number of aliphatic carboxylic acids is 1. The third kappa shape index (κ3) is 3.95. The number of alkyl halides is 3. The fourth-order valence-electron chi connectivity index (χ4n) is 2.59. The zero-order valence-corrected chi connectivity index (χ0v) is 12.5. The van der Waals surface area contributed by atoms with Gasteiger partial charge in [0.15, 0.2) is 0 Å². The molecule has 1 aliphatic heterocycles. The van der Waals surface area contributed by atoms with Crippen LogP contribution < -0.4 is 5.56 Å². The van der Waals surface area contributed by atoms with E-state index in [1.54, 1.807) is 0 Å². The lowest BCUT2D eigenvalue weighted by Gasteiger charge is -2.18. The summed E-state index contributed by atoms with van der Waals surface area (Å²) in [5, 5.41) is 19.6. The molecule has 0 aliphatic carbocycles. The van der Waals surface area contributed by atoms with Gasteiger partial charge in [0.1, 0.15) is 6.54 Å². The standard InChI is InChI=1S/C13H12F3N3O6/c14-13(15,16)9-5-18(4-8(9)12(22)23)11(21)6-17-3-7(19(24)25)1-2-10(17)20/h1-3,8-9H,4-6H2,(H,22,23)/t8-,9-/m1/s1. The van der Waals surface area contributed by atoms with Gasteiger partial charge in [-0.2, -0.15) is 13.2 Å². The molecule has 2 atom stereocenters. The van der Waals surface area contributed by atoms with Gasteiger partial charge in [-0.05, 0) is 0 Å². The molecule has 0 saturated carbocycles. The van der Waals surface area contributed by atoms with E-state index >= 15 is 0 Å². The molecule has 2 rings (SSSR count). The summed E-state index contributed by atoms with van der Waals surface area (Å²) in [5.41, 5.74) is -1.22. The number of rotatable bonds is 4. The van der Waals surface area contributed by atoms with Gasteiger partial charge in [0, 0.05) is 25.2 Å². The topological polar surface area (TPSA) is 123 Å². The second-order valence-corrected chi connectivity index (χ2v) is 5.50. The van der Waals surface area contributed by atoms with Crippen molar-refractivity contribution in [3.63, 3.8) is 0 Å². The minimum atomic E-state index is -4.79. The van der Waals surface area contributed by atoms with Gasteiger partial charge in [0.05, 0.1) is 23.0 Å². The lowest BCUT2D eigenvalue weighted by atomic mass is 9.96. The van der Waals surface area contributed by atoms with Crippen LogP contribution in [0, 0.1) is 22.0 Å². The molecule has 1 aromatic rings. The zero-order valence-electron chi connectivity index (χ0n) is 12.5. The second-order valence-electron chi connectivity index (χ2n) is 5.50. The van der Waals surface area contributed by atoms with Crippen molar-refractivity contribution in [2.75, 3.05) is 13.1 Å². The highest BCUT2D eigenvalue weighted by molar-refractivity contribution is 5.79. The smallest absolute Gasteiger partial charge is 0.394 e. The summed E-state index contributed by atoms with van der Waals surface area (Å²) in [6.07, 6.45) is -3.99. The fourth-order valence-corrected chi connectivity index (χ4v) is 2.59. The number of nitro groups is 1. The summed E-state index contributed by atoms with van der Waals surface area (Å²) in [6, 6.07) is 1.78. The highest BCUT2D eigenvalue weighted by atomic mass is 19.4. The molecule has 136 valence electrons. The van der Waals surface area contributed by atoms with E-state index in [-0.39, 0.29) is 0 Å². The first-order chi connectivity index (χ1) is 11.5. The highest BCUT2D eigenvalue weighted by Gasteiger charge is 2.53. The molecule has 1 fully saturated rings. The van der Waals surface area contributed by atoms with Gasteiger partial charge in [0.25, 0.3) is 11.2 Å². The third-order valence-electron chi connectivity index (χ3n) is 3.89. The number of halogens is 3. The molecule has 12 heteroatoms. The number of hydrogen-bond donors (Lipinski definition) is 1. The quantitative estimate of drug-likeness (QED) is 0.613. The Bertz CT molecular complexity index is 775. The normalized spacial score (nSPS) is 20.5. The van der Waals surface area contributed by atoms with E-state index in [4.69, 9.17) is 5.11 Å². The molecule has 1 saturated heterocycles. The monoisotopic (exact) mass is 363 g/mol. The number of nitrogens with zero attached hydrogens (tertiary/aromatic N) is 3. The van der Waals surface area contributed by atoms with Crippen molar-refractivity contribution in [1.29, 1.82) is 0 Å². The van der Waals surface area contributed by atoms with Crippen LogP contribution in [0.1, 0.15) is 0 Å². The van der Waals surface area contributed by atoms with E-state index in [0.29, 0.717) is 9.47 Å². The summed E-state index contributed by atoms with van der Waals surface area (Å²) >= 11 is 0. The third-order valence-corrected chi connectivity index (χ3v) is 3.89. The summed E-state index contributed by atoms with van der Waals surface area (Å²) in [5.74, 6) is -6.62. The first kappa shape index (κ1) is 18.4. The van der Waals surface area contributed by atoms with Crippen LogP contribution in [-0.4, -0.2) is 50.6 Å². The maximum Gasteiger partial charge on any atom is 0.394 e. The molecular weight excluding hydrogens is 351 g/mol. The van der Waals surface area contributed by atoms with E-state index in [0.717, 1.165) is 18.3 Å². The Kier molecular flexibility index (Phi) is 4.81. The lowest BCUT2D eigenvalue weighted by Crippen LogP contribution is -2.36. The van der Waals surface area contributed by atoms with E-state index in [9.17, 15) is 37.7 Å². The average Bonchev–Trinajstić information content (AvgIpc) is 2.95. The molecule has 1 N–H and O–H groups in total. The summed E-state index contributed by atoms with van der Waals surface area (Å²) < 4.78 is 39.4. The first-order valence-corrected chi connectivity index (χ1v) is 6.93. The second kappa shape index (κ2) is 6.53. The maximum absolute atomic E-state index is 12.9. The van der Waals surface area contributed by atoms with E-state index in [1.807, 2.05) is 0 Å². The predicted molar refractivity (Wildman–Crippen MR) is 74.6 cm³/mol. The molecular formula is C13H12F3N3O6. The van der Waals surface area contributed by atoms with Crippen LogP contribution in [0.3, 0.4) is 0 Å². The van der Waals surface area contributed by atoms with Crippen LogP contribution in [0.4, 0.5) is 18.9 Å². The van der Waals surface area contributed by atoms with Crippen molar-refractivity contribution in [3.05, 3.63) is 38.8 Å². The van der Waals surface area contributed by atoms with Gasteiger partial charge in [-0.1, -0.05) is 0 Å². The van der Waals surface area contributed by atoms with E-state index in [1.165, 1.54) is 0 Å². The van der Waals surface area contributed by atoms with Crippen molar-refractivity contribution in [2.45, 2.75) is 12.7 Å². The number of likely N-dealkylation sites (tertiary alicyclic amines) is 1. The maximum atomic E-state index is 12.9. The average molecular weight is 363 g/mol. The van der Waals surface area contributed by atoms with Crippen molar-refractivity contribution in [3.8, 4) is 0 Å². The van der Waals surface area contributed by atoms with Gasteiger partial charge in [0.2, 0.25) is 5.91 Å². The molecule has 1 amide bonds. The molecule has 0 spiro atoms. The van der Waals surface area contributed by atoms with Crippen LogP contribution in [0.2, 0.25) is 0 Å². The molecule has 1 aromatic heterocycles. The SMILES string of the molecule is O=C(O)[C@@H]1CN(C(=O)Cn2cc([N+](=O)[O-])ccc2=O)C[C@H]1C(F)(F)F. The molecule has 2 heterocycles. The fraction of sp³-hybridized carbons (Fsp3) is 0.462. The minimum Gasteiger partial charge on any atom is -0.481 e. The van der Waals surface area contributed by atoms with Gasteiger partial charge >= 0.3 is 12.1 Å². The first-order valence-electron chi connectivity index (χ1n) is 6.93. The number of hydrogen-bond acceptors (Lipinski definition) is 5. The van der Waals surface area contributed by atoms with Gasteiger partial charge in [-0.25, -0.2) is 0 Å². The molecule has 9 nitrogen and oxygen atoms in total. The summed E-state index contributed by atoms with van der Waals surface area (Å²) in [4.78, 5) is 45.3. The van der Waals surface area contributed by atoms with Crippen LogP contribution in [0.15, 0.2) is 23.1 Å². The molecule has 1 aliphatic rings. The Labute approximate surface area is 137 Å². The van der Waals surface area contributed by atoms with Gasteiger partial charge in [-0.3, -0.25) is 29.1 Å². The van der Waals surface area contributed by atoms with Crippen LogP contribution >= 0.6 is 0 Å². The number of carboxylic acid groups (broad SMARTS) is 1. The van der Waals surface area contributed by atoms with Gasteiger partial charge < -0.3 is 10.0 Å². The van der Waals surface area contributed by atoms with Crippen LogP contribution in [0.25, 0.3) is 0 Å². The summed E-state index contributed by atoms with van der Waals surface area (Å²) in [7, 11) is 0. The Balaban J connectivity index is 2.19. The Morgan fingerprint density at radius 2 is 1.96 bits per heavy atom. The largest absolute Gasteiger partial charge is 0.481 e. The number of amides is 1. The molecule has 0 unspecified atom stereocenters. The van der Waals surface area contributed by atoms with Crippen LogP contribution in [-0.2, 0) is 16.1 Å². The molecule has 25 heavy (non-hydrogen) atoms. The van der Waals surface area contributed by atoms with Crippen molar-refractivity contribution < 1.29 is 32.8 Å². The number of carbonyl (C=O) groups excluding carboxylic acids is 1. The Hall–Kier alpha value is -2.92. The van der Waals surface area contributed by atoms with Gasteiger partial charge in [-0.15, -0.1) is 0 Å². The number of pyridine rings is 1. The summed E-state index contributed by atoms with van der Waals surface area (Å²) in [6.45, 7) is -2.22. The van der Waals surface area contributed by atoms with Crippen LogP contribution in [0.5, 0.6) is 0 Å². The van der Waals surface area contributed by atoms with Crippen molar-refractivity contribution >= 4 is 17.6 Å². The molecule has 0 aromatic carbocycles. The zero-order chi connectivity index (χ0) is 18.9. The number of carbonyl (C=O) groups is 2. The Morgan fingerprint density at radius 1 is 1.32 bits per heavy atom. The number of carboxylic acids is 1. The lowest BCUT2D eigenvalue weighted by molar-refractivity contribution is -0.385. The highest BCUT2D eigenvalue weighted by Crippen LogP contribution is 2.37. The van der Waals surface area contributed by atoms with E-state index in [2.05, 4.69) is 0 Å². The predicted octanol–water partition coefficient (Wildman–Crippen LogP) is 0.478. The minimum absolute atomic E-state index is 0.467. The Morgan fingerprint density at radius 3 is 2.44 bits per heavy atom. The number of aromatic nitrogens is 1. The van der Waals surface area contributed by atoms with Crippen molar-refractivity contribution in [2.24, 2.45) is 11.8 Å². The van der Waals surface area contributed by atoms with Crippen molar-refractivity contribution in [1.82, 2.24) is 9.47 Å².